The fraction of sp³-hybridized carbons (Fsp3) is 0.519. The highest BCUT2D eigenvalue weighted by atomic mass is 32.2. The van der Waals surface area contributed by atoms with E-state index in [1.807, 2.05) is 56.3 Å². The lowest BCUT2D eigenvalue weighted by Gasteiger charge is -2.30. The molecule has 0 spiro atoms. The first-order valence-corrected chi connectivity index (χ1v) is 13.2. The molecule has 0 atom stereocenters. The number of hydrogen-bond acceptors (Lipinski definition) is 4. The second-order valence-corrected chi connectivity index (χ2v) is 13.5. The second-order valence-electron chi connectivity index (χ2n) is 11.4. The Labute approximate surface area is 205 Å². The fourth-order valence-corrected chi connectivity index (χ4v) is 5.06. The summed E-state index contributed by atoms with van der Waals surface area (Å²) in [6.45, 7) is 15.7. The third-order valence-electron chi connectivity index (χ3n) is 5.77. The number of carbonyl (C=O) groups excluding carboxylic acids is 1. The molecular weight excluding hydrogens is 448 g/mol. The molecule has 2 aromatic carbocycles. The van der Waals surface area contributed by atoms with Crippen LogP contribution in [0.15, 0.2) is 48.5 Å². The third kappa shape index (κ3) is 7.49. The number of carbonyl (C=O) groups is 1. The van der Waals surface area contributed by atoms with Gasteiger partial charge in [-0.05, 0) is 67.3 Å². The highest BCUT2D eigenvalue weighted by Crippen LogP contribution is 2.34. The molecular formula is C27H40N2O4S. The largest absolute Gasteiger partial charge is 0.444 e. The molecule has 0 aromatic heterocycles. The van der Waals surface area contributed by atoms with E-state index < -0.39 is 27.1 Å². The average Bonchev–Trinajstić information content (AvgIpc) is 2.70. The minimum atomic E-state index is -3.56. The Balaban J connectivity index is 2.21. The summed E-state index contributed by atoms with van der Waals surface area (Å²) in [5.41, 5.74) is 2.00. The maximum Gasteiger partial charge on any atom is 0.412 e. The Hall–Kier alpha value is -2.54. The van der Waals surface area contributed by atoms with Gasteiger partial charge < -0.3 is 4.74 Å². The molecule has 0 saturated carbocycles. The van der Waals surface area contributed by atoms with Crippen LogP contribution in [0.5, 0.6) is 0 Å². The number of rotatable bonds is 7. The third-order valence-corrected chi connectivity index (χ3v) is 7.54. The van der Waals surface area contributed by atoms with Crippen molar-refractivity contribution < 1.29 is 17.9 Å². The van der Waals surface area contributed by atoms with Crippen LogP contribution in [0.1, 0.15) is 72.9 Å². The molecule has 0 aliphatic heterocycles. The lowest BCUT2D eigenvalue weighted by molar-refractivity contribution is 0.0635. The molecule has 0 bridgehead atoms. The number of anilines is 2. The maximum atomic E-state index is 13.2. The van der Waals surface area contributed by atoms with Gasteiger partial charge in [-0.15, -0.1) is 0 Å². The molecule has 6 nitrogen and oxygen atoms in total. The molecule has 34 heavy (non-hydrogen) atoms. The van der Waals surface area contributed by atoms with Crippen LogP contribution >= 0.6 is 0 Å². The summed E-state index contributed by atoms with van der Waals surface area (Å²) >= 11 is 0. The smallest absolute Gasteiger partial charge is 0.412 e. The van der Waals surface area contributed by atoms with Crippen LogP contribution in [0.3, 0.4) is 0 Å². The molecule has 0 fully saturated rings. The molecule has 2 rings (SSSR count). The van der Waals surface area contributed by atoms with Crippen LogP contribution in [-0.2, 0) is 25.6 Å². The quantitative estimate of drug-likeness (QED) is 0.485. The summed E-state index contributed by atoms with van der Waals surface area (Å²) in [5, 5.41) is 2.82. The minimum absolute atomic E-state index is 0.0307. The van der Waals surface area contributed by atoms with Crippen LogP contribution in [0, 0.1) is 0 Å². The van der Waals surface area contributed by atoms with Gasteiger partial charge in [-0.3, -0.25) is 9.62 Å². The van der Waals surface area contributed by atoms with Crippen molar-refractivity contribution in [2.75, 3.05) is 22.4 Å². The molecule has 7 heteroatoms. The number of hydrogen-bond donors (Lipinski definition) is 1. The van der Waals surface area contributed by atoms with E-state index in [0.29, 0.717) is 17.8 Å². The predicted octanol–water partition coefficient (Wildman–Crippen LogP) is 6.47. The number of nitrogens with one attached hydrogen (secondary N) is 1. The van der Waals surface area contributed by atoms with E-state index in [0.717, 1.165) is 11.1 Å². The van der Waals surface area contributed by atoms with Gasteiger partial charge in [0.2, 0.25) is 10.0 Å². The van der Waals surface area contributed by atoms with Crippen molar-refractivity contribution in [1.29, 1.82) is 0 Å². The zero-order valence-corrected chi connectivity index (χ0v) is 22.8. The molecule has 188 valence electrons. The highest BCUT2D eigenvalue weighted by Gasteiger charge is 2.29. The van der Waals surface area contributed by atoms with Gasteiger partial charge in [0.05, 0.1) is 11.4 Å². The number of sulfonamides is 1. The molecule has 0 unspecified atom stereocenters. The molecule has 0 saturated heterocycles. The molecule has 0 aliphatic carbocycles. The van der Waals surface area contributed by atoms with Crippen molar-refractivity contribution in [3.63, 3.8) is 0 Å². The Bertz CT molecular complexity index is 1110. The van der Waals surface area contributed by atoms with Crippen LogP contribution in [-0.4, -0.2) is 32.9 Å². The average molecular weight is 489 g/mol. The van der Waals surface area contributed by atoms with E-state index in [1.54, 1.807) is 33.9 Å². The molecule has 1 N–H and O–H groups in total. The van der Waals surface area contributed by atoms with Crippen molar-refractivity contribution >= 4 is 27.5 Å². The highest BCUT2D eigenvalue weighted by molar-refractivity contribution is 7.92. The topological polar surface area (TPSA) is 75.7 Å². The van der Waals surface area contributed by atoms with Gasteiger partial charge in [-0.2, -0.15) is 0 Å². The maximum absolute atomic E-state index is 13.2. The Kier molecular flexibility index (Phi) is 8.13. The van der Waals surface area contributed by atoms with Crippen LogP contribution in [0.25, 0.3) is 0 Å². The molecule has 0 aliphatic rings. The van der Waals surface area contributed by atoms with E-state index in [9.17, 15) is 13.2 Å². The monoisotopic (exact) mass is 488 g/mol. The number of nitrogens with zero attached hydrogens (tertiary/aromatic N) is 1. The van der Waals surface area contributed by atoms with Gasteiger partial charge in [-0.1, -0.05) is 65.0 Å². The van der Waals surface area contributed by atoms with Crippen molar-refractivity contribution in [1.82, 2.24) is 0 Å². The first kappa shape index (κ1) is 27.7. The number of benzene rings is 2. The van der Waals surface area contributed by atoms with E-state index in [2.05, 4.69) is 26.1 Å². The SMILES string of the molecule is CN(c1cccc(C(C)(C)C)c1)S(=O)(=O)CCC(C)(C)c1ccccc1NC(=O)OC(C)(C)C. The molecule has 0 heterocycles. The van der Waals surface area contributed by atoms with Gasteiger partial charge >= 0.3 is 6.09 Å². The van der Waals surface area contributed by atoms with Crippen molar-refractivity contribution in [3.05, 3.63) is 59.7 Å². The molecule has 0 radical (unpaired) electrons. The van der Waals surface area contributed by atoms with Gasteiger partial charge in [0, 0.05) is 12.7 Å². The first-order chi connectivity index (χ1) is 15.4. The lowest BCUT2D eigenvalue weighted by atomic mass is 9.81. The Morgan fingerprint density at radius 1 is 0.941 bits per heavy atom. The van der Waals surface area contributed by atoms with Crippen molar-refractivity contribution in [3.8, 4) is 0 Å². The summed E-state index contributed by atoms with van der Waals surface area (Å²) < 4.78 is 33.2. The van der Waals surface area contributed by atoms with Gasteiger partial charge in [0.15, 0.2) is 0 Å². The number of para-hydroxylation sites is 1. The van der Waals surface area contributed by atoms with E-state index in [1.165, 1.54) is 4.31 Å². The zero-order chi connectivity index (χ0) is 25.9. The molecule has 1 amide bonds. The zero-order valence-electron chi connectivity index (χ0n) is 22.0. The Morgan fingerprint density at radius 2 is 1.56 bits per heavy atom. The van der Waals surface area contributed by atoms with Crippen molar-refractivity contribution in [2.24, 2.45) is 0 Å². The van der Waals surface area contributed by atoms with E-state index in [4.69, 9.17) is 4.74 Å². The van der Waals surface area contributed by atoms with E-state index >= 15 is 0 Å². The first-order valence-electron chi connectivity index (χ1n) is 11.6. The summed E-state index contributed by atoms with van der Waals surface area (Å²) in [5.74, 6) is -0.0307. The number of amides is 1. The summed E-state index contributed by atoms with van der Waals surface area (Å²) in [6.07, 6.45) is -0.159. The van der Waals surface area contributed by atoms with E-state index in [-0.39, 0.29) is 11.2 Å². The minimum Gasteiger partial charge on any atom is -0.444 e. The summed E-state index contributed by atoms with van der Waals surface area (Å²) in [4.78, 5) is 12.3. The van der Waals surface area contributed by atoms with Gasteiger partial charge in [-0.25, -0.2) is 13.2 Å². The van der Waals surface area contributed by atoms with Crippen LogP contribution < -0.4 is 9.62 Å². The number of ether oxygens (including phenoxy) is 1. The standard InChI is InChI=1S/C27H40N2O4S/c1-25(2,3)20-13-12-14-21(19-20)29(9)34(31,32)18-17-27(7,8)22-15-10-11-16-23(22)28-24(30)33-26(4,5)6/h10-16,19H,17-18H2,1-9H3,(H,28,30). The van der Waals surface area contributed by atoms with Crippen LogP contribution in [0.4, 0.5) is 16.2 Å². The normalized spacial score (nSPS) is 12.9. The van der Waals surface area contributed by atoms with Gasteiger partial charge in [0.25, 0.3) is 0 Å². The van der Waals surface area contributed by atoms with Gasteiger partial charge in [0.1, 0.15) is 5.60 Å². The summed E-state index contributed by atoms with van der Waals surface area (Å²) in [7, 11) is -1.96. The summed E-state index contributed by atoms with van der Waals surface area (Å²) in [6, 6.07) is 15.1. The fourth-order valence-electron chi connectivity index (χ4n) is 3.58. The lowest BCUT2D eigenvalue weighted by Crippen LogP contribution is -2.33. The second kappa shape index (κ2) is 9.98. The predicted molar refractivity (Wildman–Crippen MR) is 141 cm³/mol. The van der Waals surface area contributed by atoms with Crippen LogP contribution in [0.2, 0.25) is 0 Å². The Morgan fingerprint density at radius 3 is 2.15 bits per heavy atom. The molecule has 2 aromatic rings. The van der Waals surface area contributed by atoms with Crippen molar-refractivity contribution in [2.45, 2.75) is 78.2 Å².